The lowest BCUT2D eigenvalue weighted by Gasteiger charge is -2.05. The number of rotatable bonds is 4. The molecular formula is C14H14N4OS. The Kier molecular flexibility index (Phi) is 3.56. The van der Waals surface area contributed by atoms with Crippen LogP contribution in [0, 0.1) is 6.92 Å². The molecule has 0 fully saturated rings. The predicted molar refractivity (Wildman–Crippen MR) is 80.1 cm³/mol. The largest absolute Gasteiger partial charge is 0.339 e. The van der Waals surface area contributed by atoms with Gasteiger partial charge in [-0.3, -0.25) is 9.36 Å². The van der Waals surface area contributed by atoms with Crippen LogP contribution >= 0.6 is 11.8 Å². The quantitative estimate of drug-likeness (QED) is 0.747. The van der Waals surface area contributed by atoms with E-state index in [1.54, 1.807) is 22.7 Å². The topological polar surface area (TPSA) is 63.6 Å². The third kappa shape index (κ3) is 2.60. The van der Waals surface area contributed by atoms with Gasteiger partial charge < -0.3 is 4.98 Å². The maximum Gasteiger partial charge on any atom is 0.279 e. The lowest BCUT2D eigenvalue weighted by Crippen LogP contribution is -2.21. The van der Waals surface area contributed by atoms with Crippen LogP contribution in [0.5, 0.6) is 0 Å². The number of H-pyrrole nitrogens is 1. The first-order valence-electron chi connectivity index (χ1n) is 6.32. The summed E-state index contributed by atoms with van der Waals surface area (Å²) in [5.41, 5.74) is 2.11. The Balaban J connectivity index is 1.69. The van der Waals surface area contributed by atoms with E-state index in [1.165, 1.54) is 16.8 Å². The fourth-order valence-electron chi connectivity index (χ4n) is 1.92. The zero-order chi connectivity index (χ0) is 13.9. The number of hydrogen-bond donors (Lipinski definition) is 1. The summed E-state index contributed by atoms with van der Waals surface area (Å²) >= 11 is 1.73. The van der Waals surface area contributed by atoms with E-state index in [0.29, 0.717) is 17.7 Å². The van der Waals surface area contributed by atoms with Crippen molar-refractivity contribution in [3.05, 3.63) is 52.8 Å². The number of hydrogen-bond acceptors (Lipinski definition) is 4. The molecular weight excluding hydrogens is 272 g/mol. The molecule has 2 aromatic heterocycles. The van der Waals surface area contributed by atoms with E-state index in [9.17, 15) is 4.79 Å². The van der Waals surface area contributed by atoms with Gasteiger partial charge in [-0.15, -0.1) is 11.8 Å². The van der Waals surface area contributed by atoms with E-state index >= 15 is 0 Å². The summed E-state index contributed by atoms with van der Waals surface area (Å²) < 4.78 is 1.61. The number of nitrogens with zero attached hydrogens (tertiary/aromatic N) is 3. The van der Waals surface area contributed by atoms with Gasteiger partial charge in [-0.05, 0) is 19.1 Å². The zero-order valence-corrected chi connectivity index (χ0v) is 11.9. The average molecular weight is 286 g/mol. The van der Waals surface area contributed by atoms with Gasteiger partial charge in [-0.1, -0.05) is 17.7 Å². The minimum Gasteiger partial charge on any atom is -0.339 e. The molecule has 0 aliphatic carbocycles. The van der Waals surface area contributed by atoms with Crippen LogP contribution in [0.1, 0.15) is 5.56 Å². The van der Waals surface area contributed by atoms with Gasteiger partial charge in [-0.25, -0.2) is 9.97 Å². The minimum absolute atomic E-state index is 0.0722. The van der Waals surface area contributed by atoms with Gasteiger partial charge in [0.25, 0.3) is 5.56 Å². The van der Waals surface area contributed by atoms with E-state index in [2.05, 4.69) is 46.1 Å². The minimum atomic E-state index is -0.0722. The van der Waals surface area contributed by atoms with Gasteiger partial charge in [0.05, 0.1) is 6.33 Å². The summed E-state index contributed by atoms with van der Waals surface area (Å²) in [7, 11) is 0. The molecule has 5 nitrogen and oxygen atoms in total. The van der Waals surface area contributed by atoms with E-state index in [4.69, 9.17) is 0 Å². The summed E-state index contributed by atoms with van der Waals surface area (Å²) in [6.07, 6.45) is 3.05. The van der Waals surface area contributed by atoms with Crippen LogP contribution in [0.15, 0.2) is 46.6 Å². The highest BCUT2D eigenvalue weighted by atomic mass is 32.2. The van der Waals surface area contributed by atoms with Crippen molar-refractivity contribution in [2.45, 2.75) is 18.4 Å². The van der Waals surface area contributed by atoms with Gasteiger partial charge >= 0.3 is 0 Å². The van der Waals surface area contributed by atoms with Gasteiger partial charge in [0.15, 0.2) is 11.2 Å². The Morgan fingerprint density at radius 3 is 2.85 bits per heavy atom. The van der Waals surface area contributed by atoms with Crippen LogP contribution in [0.2, 0.25) is 0 Å². The molecule has 0 radical (unpaired) electrons. The lowest BCUT2D eigenvalue weighted by atomic mass is 10.2. The van der Waals surface area contributed by atoms with Crippen molar-refractivity contribution >= 4 is 22.9 Å². The molecule has 1 N–H and O–H groups in total. The summed E-state index contributed by atoms with van der Waals surface area (Å²) in [5, 5.41) is 0. The third-order valence-electron chi connectivity index (χ3n) is 3.04. The molecule has 0 bridgehead atoms. The van der Waals surface area contributed by atoms with Crippen molar-refractivity contribution in [2.75, 3.05) is 5.75 Å². The van der Waals surface area contributed by atoms with Crippen molar-refractivity contribution in [3.63, 3.8) is 0 Å². The van der Waals surface area contributed by atoms with Crippen LogP contribution in [0.25, 0.3) is 11.2 Å². The number of nitrogens with one attached hydrogen (secondary N) is 1. The fourth-order valence-corrected chi connectivity index (χ4v) is 2.77. The van der Waals surface area contributed by atoms with E-state index in [1.807, 2.05) is 0 Å². The number of aromatic nitrogens is 4. The molecule has 0 aliphatic rings. The van der Waals surface area contributed by atoms with Crippen molar-refractivity contribution in [1.82, 2.24) is 19.5 Å². The highest BCUT2D eigenvalue weighted by Crippen LogP contribution is 2.18. The number of imidazole rings is 1. The Labute approximate surface area is 120 Å². The van der Waals surface area contributed by atoms with Crippen molar-refractivity contribution < 1.29 is 0 Å². The monoisotopic (exact) mass is 286 g/mol. The molecule has 0 spiro atoms. The molecule has 0 amide bonds. The number of aromatic amines is 1. The van der Waals surface area contributed by atoms with Crippen molar-refractivity contribution in [1.29, 1.82) is 0 Å². The molecule has 102 valence electrons. The molecule has 2 heterocycles. The summed E-state index contributed by atoms with van der Waals surface area (Å²) in [6, 6.07) is 8.37. The van der Waals surface area contributed by atoms with Gasteiger partial charge in [0.1, 0.15) is 6.33 Å². The smallest absolute Gasteiger partial charge is 0.279 e. The van der Waals surface area contributed by atoms with Crippen molar-refractivity contribution in [2.24, 2.45) is 0 Å². The molecule has 0 saturated carbocycles. The molecule has 0 saturated heterocycles. The molecule has 3 aromatic rings. The SMILES string of the molecule is Cc1ccc(SCCn2cnc3nc[nH]c3c2=O)cc1. The zero-order valence-electron chi connectivity index (χ0n) is 11.0. The van der Waals surface area contributed by atoms with Crippen molar-refractivity contribution in [3.8, 4) is 0 Å². The summed E-state index contributed by atoms with van der Waals surface area (Å²) in [5.74, 6) is 0.824. The molecule has 20 heavy (non-hydrogen) atoms. The first-order chi connectivity index (χ1) is 9.74. The van der Waals surface area contributed by atoms with Gasteiger partial charge in [0, 0.05) is 17.2 Å². The number of fused-ring (bicyclic) bond motifs is 1. The first-order valence-corrected chi connectivity index (χ1v) is 7.30. The molecule has 3 rings (SSSR count). The first kappa shape index (κ1) is 12.9. The molecule has 0 aliphatic heterocycles. The van der Waals surface area contributed by atoms with E-state index in [0.717, 1.165) is 5.75 Å². The van der Waals surface area contributed by atoms with Crippen LogP contribution in [0.3, 0.4) is 0 Å². The fraction of sp³-hybridized carbons (Fsp3) is 0.214. The Morgan fingerprint density at radius 1 is 1.25 bits per heavy atom. The molecule has 0 unspecified atom stereocenters. The maximum atomic E-state index is 12.1. The number of benzene rings is 1. The molecule has 0 atom stereocenters. The second kappa shape index (κ2) is 5.50. The molecule has 6 heteroatoms. The second-order valence-corrected chi connectivity index (χ2v) is 5.67. The van der Waals surface area contributed by atoms with Gasteiger partial charge in [-0.2, -0.15) is 0 Å². The van der Waals surface area contributed by atoms with Gasteiger partial charge in [0.2, 0.25) is 0 Å². The lowest BCUT2D eigenvalue weighted by molar-refractivity contribution is 0.723. The summed E-state index contributed by atoms with van der Waals surface area (Å²) in [6.45, 7) is 2.69. The highest BCUT2D eigenvalue weighted by Gasteiger charge is 2.05. The Morgan fingerprint density at radius 2 is 2.05 bits per heavy atom. The summed E-state index contributed by atoms with van der Waals surface area (Å²) in [4.78, 5) is 24.3. The predicted octanol–water partition coefficient (Wildman–Crippen LogP) is 2.22. The van der Waals surface area contributed by atoms with Crippen LogP contribution in [-0.4, -0.2) is 25.3 Å². The highest BCUT2D eigenvalue weighted by molar-refractivity contribution is 7.99. The molecule has 1 aromatic carbocycles. The Bertz CT molecular complexity index is 776. The number of aryl methyl sites for hydroxylation is 2. The van der Waals surface area contributed by atoms with Crippen LogP contribution in [-0.2, 0) is 6.54 Å². The standard InChI is InChI=1S/C14H14N4OS/c1-10-2-4-11(5-3-10)20-7-6-18-9-17-13-12(14(18)19)15-8-16-13/h2-5,8-9H,6-7H2,1H3,(H,15,16). The van der Waals surface area contributed by atoms with E-state index < -0.39 is 0 Å². The number of thioether (sulfide) groups is 1. The van der Waals surface area contributed by atoms with Crippen LogP contribution < -0.4 is 5.56 Å². The van der Waals surface area contributed by atoms with Crippen LogP contribution in [0.4, 0.5) is 0 Å². The second-order valence-electron chi connectivity index (χ2n) is 4.51. The normalized spacial score (nSPS) is 11.1. The maximum absolute atomic E-state index is 12.1. The van der Waals surface area contributed by atoms with E-state index in [-0.39, 0.29) is 5.56 Å². The Hall–Kier alpha value is -2.08. The third-order valence-corrected chi connectivity index (χ3v) is 4.03. The average Bonchev–Trinajstić information content (AvgIpc) is 2.93.